The Morgan fingerprint density at radius 1 is 1.41 bits per heavy atom. The molecule has 0 saturated carbocycles. The molecule has 0 spiro atoms. The fraction of sp³-hybridized carbons (Fsp3) is 0.364. The van der Waals surface area contributed by atoms with Crippen LogP contribution in [-0.4, -0.2) is 29.8 Å². The van der Waals surface area contributed by atoms with Crippen LogP contribution < -0.4 is 4.90 Å². The van der Waals surface area contributed by atoms with Crippen LogP contribution in [0.2, 0.25) is 0 Å². The average molecular weight is 246 g/mol. The Morgan fingerprint density at radius 3 is 2.65 bits per heavy atom. The second kappa shape index (κ2) is 5.67. The first-order chi connectivity index (χ1) is 7.99. The van der Waals surface area contributed by atoms with E-state index in [0.29, 0.717) is 6.54 Å². The zero-order valence-corrected chi connectivity index (χ0v) is 9.11. The van der Waals surface area contributed by atoms with E-state index in [1.165, 1.54) is 23.1 Å². The van der Waals surface area contributed by atoms with Crippen molar-refractivity contribution < 1.29 is 18.3 Å². The standard InChI is InChI=1S/C11H13F3N2O/c1-2-6-16(7-8-17)10-5-3-4-9(15-10)11(12,13)14/h2-5,17H,1,6-8H2. The molecule has 0 bridgehead atoms. The van der Waals surface area contributed by atoms with Crippen LogP contribution in [0.1, 0.15) is 5.69 Å². The third kappa shape index (κ3) is 3.74. The summed E-state index contributed by atoms with van der Waals surface area (Å²) in [5, 5.41) is 8.83. The van der Waals surface area contributed by atoms with Crippen molar-refractivity contribution >= 4 is 5.82 Å². The van der Waals surface area contributed by atoms with Crippen molar-refractivity contribution in [3.63, 3.8) is 0 Å². The third-order valence-electron chi connectivity index (χ3n) is 2.07. The van der Waals surface area contributed by atoms with E-state index in [2.05, 4.69) is 11.6 Å². The number of aliphatic hydroxyl groups excluding tert-OH is 1. The first kappa shape index (κ1) is 13.5. The maximum absolute atomic E-state index is 12.5. The van der Waals surface area contributed by atoms with Gasteiger partial charge < -0.3 is 10.0 Å². The molecule has 0 fully saturated rings. The summed E-state index contributed by atoms with van der Waals surface area (Å²) in [4.78, 5) is 5.04. The van der Waals surface area contributed by atoms with Gasteiger partial charge in [0.25, 0.3) is 0 Å². The lowest BCUT2D eigenvalue weighted by Crippen LogP contribution is -2.28. The summed E-state index contributed by atoms with van der Waals surface area (Å²) in [5.41, 5.74) is -0.943. The zero-order valence-electron chi connectivity index (χ0n) is 9.11. The van der Waals surface area contributed by atoms with E-state index in [1.807, 2.05) is 0 Å². The lowest BCUT2D eigenvalue weighted by Gasteiger charge is -2.21. The molecule has 0 radical (unpaired) electrons. The first-order valence-electron chi connectivity index (χ1n) is 5.00. The summed E-state index contributed by atoms with van der Waals surface area (Å²) < 4.78 is 37.4. The average Bonchev–Trinajstić information content (AvgIpc) is 2.28. The van der Waals surface area contributed by atoms with Gasteiger partial charge in [0.15, 0.2) is 0 Å². The van der Waals surface area contributed by atoms with E-state index >= 15 is 0 Å². The Balaban J connectivity index is 2.99. The summed E-state index contributed by atoms with van der Waals surface area (Å²) >= 11 is 0. The minimum Gasteiger partial charge on any atom is -0.395 e. The van der Waals surface area contributed by atoms with E-state index in [-0.39, 0.29) is 19.0 Å². The van der Waals surface area contributed by atoms with Crippen molar-refractivity contribution in [3.05, 3.63) is 36.5 Å². The summed E-state index contributed by atoms with van der Waals surface area (Å²) in [6, 6.07) is 3.67. The number of pyridine rings is 1. The van der Waals surface area contributed by atoms with E-state index < -0.39 is 11.9 Å². The van der Waals surface area contributed by atoms with Gasteiger partial charge in [-0.3, -0.25) is 0 Å². The molecule has 0 saturated heterocycles. The smallest absolute Gasteiger partial charge is 0.395 e. The van der Waals surface area contributed by atoms with Crippen molar-refractivity contribution in [3.8, 4) is 0 Å². The van der Waals surface area contributed by atoms with Gasteiger partial charge >= 0.3 is 6.18 Å². The molecule has 1 aromatic heterocycles. The number of hydrogen-bond acceptors (Lipinski definition) is 3. The van der Waals surface area contributed by atoms with Gasteiger partial charge in [-0.05, 0) is 12.1 Å². The number of aromatic nitrogens is 1. The van der Waals surface area contributed by atoms with Gasteiger partial charge in [-0.25, -0.2) is 4.98 Å². The summed E-state index contributed by atoms with van der Waals surface area (Å²) in [7, 11) is 0. The molecule has 0 unspecified atom stereocenters. The molecule has 17 heavy (non-hydrogen) atoms. The summed E-state index contributed by atoms with van der Waals surface area (Å²) in [5.74, 6) is 0.175. The SMILES string of the molecule is C=CCN(CCO)c1cccc(C(F)(F)F)n1. The van der Waals surface area contributed by atoms with E-state index in [4.69, 9.17) is 5.11 Å². The number of rotatable bonds is 5. The number of hydrogen-bond donors (Lipinski definition) is 1. The van der Waals surface area contributed by atoms with Gasteiger partial charge in [-0.2, -0.15) is 13.2 Å². The van der Waals surface area contributed by atoms with E-state index in [9.17, 15) is 13.2 Å². The van der Waals surface area contributed by atoms with Crippen LogP contribution in [0.25, 0.3) is 0 Å². The molecule has 1 rings (SSSR count). The van der Waals surface area contributed by atoms with Crippen molar-refractivity contribution in [1.82, 2.24) is 4.98 Å². The zero-order chi connectivity index (χ0) is 12.9. The summed E-state index contributed by atoms with van der Waals surface area (Å²) in [6.45, 7) is 3.88. The van der Waals surface area contributed by atoms with Gasteiger partial charge in [0.2, 0.25) is 0 Å². The molecule has 1 N–H and O–H groups in total. The predicted molar refractivity (Wildman–Crippen MR) is 58.7 cm³/mol. The van der Waals surface area contributed by atoms with Crippen molar-refractivity contribution in [2.75, 3.05) is 24.6 Å². The monoisotopic (exact) mass is 246 g/mol. The highest BCUT2D eigenvalue weighted by atomic mass is 19.4. The van der Waals surface area contributed by atoms with Crippen LogP contribution in [0, 0.1) is 0 Å². The second-order valence-electron chi connectivity index (χ2n) is 3.34. The highest BCUT2D eigenvalue weighted by molar-refractivity contribution is 5.40. The molecule has 0 aliphatic rings. The molecule has 0 aliphatic carbocycles. The highest BCUT2D eigenvalue weighted by Crippen LogP contribution is 2.28. The van der Waals surface area contributed by atoms with Crippen LogP contribution in [0.15, 0.2) is 30.9 Å². The minimum absolute atomic E-state index is 0.161. The van der Waals surface area contributed by atoms with Crippen molar-refractivity contribution in [2.24, 2.45) is 0 Å². The van der Waals surface area contributed by atoms with Crippen molar-refractivity contribution in [1.29, 1.82) is 0 Å². The van der Waals surface area contributed by atoms with Gasteiger partial charge in [0.1, 0.15) is 11.5 Å². The largest absolute Gasteiger partial charge is 0.433 e. The maximum atomic E-state index is 12.5. The van der Waals surface area contributed by atoms with Gasteiger partial charge in [-0.1, -0.05) is 12.1 Å². The lowest BCUT2D eigenvalue weighted by atomic mass is 10.3. The van der Waals surface area contributed by atoms with Crippen LogP contribution in [0.3, 0.4) is 0 Å². The Morgan fingerprint density at radius 2 is 2.12 bits per heavy atom. The third-order valence-corrected chi connectivity index (χ3v) is 2.07. The normalized spacial score (nSPS) is 11.3. The number of nitrogens with zero attached hydrogens (tertiary/aromatic N) is 2. The molecule has 0 atom stereocenters. The molecule has 0 amide bonds. The number of aliphatic hydroxyl groups is 1. The Kier molecular flexibility index (Phi) is 4.51. The fourth-order valence-corrected chi connectivity index (χ4v) is 1.33. The Labute approximate surface area is 97.2 Å². The van der Waals surface area contributed by atoms with Crippen LogP contribution in [0.4, 0.5) is 19.0 Å². The van der Waals surface area contributed by atoms with Crippen molar-refractivity contribution in [2.45, 2.75) is 6.18 Å². The summed E-state index contributed by atoms with van der Waals surface area (Å²) in [6.07, 6.45) is -2.92. The number of halogens is 3. The lowest BCUT2D eigenvalue weighted by molar-refractivity contribution is -0.141. The molecular weight excluding hydrogens is 233 g/mol. The topological polar surface area (TPSA) is 36.4 Å². The van der Waals surface area contributed by atoms with Crippen LogP contribution in [-0.2, 0) is 6.18 Å². The van der Waals surface area contributed by atoms with Gasteiger partial charge in [0.05, 0.1) is 6.61 Å². The maximum Gasteiger partial charge on any atom is 0.433 e. The molecule has 1 aromatic rings. The number of anilines is 1. The van der Waals surface area contributed by atoms with Crippen LogP contribution >= 0.6 is 0 Å². The molecule has 94 valence electrons. The second-order valence-corrected chi connectivity index (χ2v) is 3.34. The molecule has 3 nitrogen and oxygen atoms in total. The van der Waals surface area contributed by atoms with Crippen LogP contribution in [0.5, 0.6) is 0 Å². The van der Waals surface area contributed by atoms with E-state index in [0.717, 1.165) is 6.07 Å². The quantitative estimate of drug-likeness (QED) is 0.808. The Hall–Kier alpha value is -1.56. The number of alkyl halides is 3. The predicted octanol–water partition coefficient (Wildman–Crippen LogP) is 2.09. The molecular formula is C11H13F3N2O. The minimum atomic E-state index is -4.46. The Bertz CT molecular complexity index is 379. The first-order valence-corrected chi connectivity index (χ1v) is 5.00. The molecule has 0 aromatic carbocycles. The molecule has 6 heteroatoms. The van der Waals surface area contributed by atoms with Gasteiger partial charge in [-0.15, -0.1) is 6.58 Å². The van der Waals surface area contributed by atoms with Gasteiger partial charge in [0, 0.05) is 13.1 Å². The highest BCUT2D eigenvalue weighted by Gasteiger charge is 2.32. The van der Waals surface area contributed by atoms with E-state index in [1.54, 1.807) is 0 Å². The molecule has 1 heterocycles. The molecule has 0 aliphatic heterocycles. The fourth-order valence-electron chi connectivity index (χ4n) is 1.33.